The summed E-state index contributed by atoms with van der Waals surface area (Å²) in [6.07, 6.45) is 1.71. The number of aromatic amines is 1. The van der Waals surface area contributed by atoms with Crippen molar-refractivity contribution in [2.75, 3.05) is 0 Å². The highest BCUT2D eigenvalue weighted by atomic mass is 32.1. The summed E-state index contributed by atoms with van der Waals surface area (Å²) in [6.45, 7) is 3.78. The minimum atomic E-state index is 0.567. The average molecular weight is 218 g/mol. The summed E-state index contributed by atoms with van der Waals surface area (Å²) in [4.78, 5) is 15.6. The van der Waals surface area contributed by atoms with Gasteiger partial charge in [-0.2, -0.15) is 0 Å². The quantitative estimate of drug-likeness (QED) is 0.746. The maximum absolute atomic E-state index is 5.05. The van der Waals surface area contributed by atoms with Crippen LogP contribution in [0.4, 0.5) is 0 Å². The van der Waals surface area contributed by atoms with Crippen LogP contribution in [0.3, 0.4) is 0 Å². The summed E-state index contributed by atoms with van der Waals surface area (Å²) < 4.78 is 0.567. The van der Waals surface area contributed by atoms with Gasteiger partial charge in [0.2, 0.25) is 0 Å². The van der Waals surface area contributed by atoms with Gasteiger partial charge >= 0.3 is 0 Å². The molecule has 5 heteroatoms. The molecule has 2 aromatic rings. The van der Waals surface area contributed by atoms with E-state index in [9.17, 15) is 0 Å². The maximum atomic E-state index is 5.05. The Morgan fingerprint density at radius 1 is 1.27 bits per heavy atom. The lowest BCUT2D eigenvalue weighted by Crippen LogP contribution is -1.96. The predicted molar refractivity (Wildman–Crippen MR) is 59.9 cm³/mol. The number of aromatic nitrogens is 4. The van der Waals surface area contributed by atoms with Crippen LogP contribution in [0.2, 0.25) is 0 Å². The fourth-order valence-electron chi connectivity index (χ4n) is 1.29. The van der Waals surface area contributed by atoms with Gasteiger partial charge in [0, 0.05) is 11.9 Å². The molecule has 15 heavy (non-hydrogen) atoms. The number of H-pyrrole nitrogens is 1. The minimum absolute atomic E-state index is 0.567. The number of rotatable bonds is 1. The van der Waals surface area contributed by atoms with Crippen LogP contribution >= 0.6 is 12.2 Å². The first kappa shape index (κ1) is 9.92. The zero-order valence-corrected chi connectivity index (χ0v) is 9.30. The molecule has 0 aliphatic rings. The van der Waals surface area contributed by atoms with E-state index in [1.165, 1.54) is 0 Å². The Hall–Kier alpha value is -1.62. The summed E-state index contributed by atoms with van der Waals surface area (Å²) >= 11 is 5.05. The van der Waals surface area contributed by atoms with Gasteiger partial charge in [0.15, 0.2) is 5.82 Å². The van der Waals surface area contributed by atoms with Gasteiger partial charge in [0.25, 0.3) is 0 Å². The van der Waals surface area contributed by atoms with Crippen molar-refractivity contribution < 1.29 is 0 Å². The van der Waals surface area contributed by atoms with E-state index in [-0.39, 0.29) is 0 Å². The normalized spacial score (nSPS) is 10.3. The maximum Gasteiger partial charge on any atom is 0.157 e. The summed E-state index contributed by atoms with van der Waals surface area (Å²) in [6, 6.07) is 3.62. The molecule has 0 saturated carbocycles. The second-order valence-electron chi connectivity index (χ2n) is 3.24. The van der Waals surface area contributed by atoms with E-state index in [1.54, 1.807) is 12.3 Å². The molecule has 0 amide bonds. The highest BCUT2D eigenvalue weighted by molar-refractivity contribution is 7.71. The molecular formula is C10H10N4S. The van der Waals surface area contributed by atoms with Crippen LogP contribution in [0.25, 0.3) is 11.5 Å². The van der Waals surface area contributed by atoms with Gasteiger partial charge in [0.1, 0.15) is 16.2 Å². The molecule has 0 unspecified atom stereocenters. The molecule has 0 aliphatic heterocycles. The molecule has 2 aromatic heterocycles. The zero-order chi connectivity index (χ0) is 10.8. The van der Waals surface area contributed by atoms with Crippen molar-refractivity contribution in [3.63, 3.8) is 0 Å². The Kier molecular flexibility index (Phi) is 2.55. The Morgan fingerprint density at radius 3 is 2.73 bits per heavy atom. The Labute approximate surface area is 92.5 Å². The average Bonchev–Trinajstić information content (AvgIpc) is 2.16. The number of hydrogen-bond donors (Lipinski definition) is 1. The van der Waals surface area contributed by atoms with Crippen molar-refractivity contribution >= 4 is 12.2 Å². The lowest BCUT2D eigenvalue weighted by Gasteiger charge is -2.02. The molecule has 0 radical (unpaired) electrons. The topological polar surface area (TPSA) is 54.5 Å². The predicted octanol–water partition coefficient (Wildman–Crippen LogP) is 2.21. The van der Waals surface area contributed by atoms with Crippen LogP contribution in [-0.4, -0.2) is 19.9 Å². The summed E-state index contributed by atoms with van der Waals surface area (Å²) in [5.41, 5.74) is 1.73. The van der Waals surface area contributed by atoms with Crippen LogP contribution < -0.4 is 0 Å². The van der Waals surface area contributed by atoms with Crippen LogP contribution in [-0.2, 0) is 0 Å². The van der Waals surface area contributed by atoms with Crippen molar-refractivity contribution in [2.45, 2.75) is 13.8 Å². The Balaban J connectivity index is 2.59. The molecule has 2 rings (SSSR count). The van der Waals surface area contributed by atoms with E-state index in [1.807, 2.05) is 19.9 Å². The molecular weight excluding hydrogens is 208 g/mol. The van der Waals surface area contributed by atoms with Crippen molar-refractivity contribution in [1.82, 2.24) is 19.9 Å². The molecule has 0 spiro atoms. The smallest absolute Gasteiger partial charge is 0.157 e. The third-order valence-electron chi connectivity index (χ3n) is 1.90. The standard InChI is InChI=1S/C10H10N4S/c1-6-5-9(15)14-10(12-6)8-3-4-11-7(2)13-8/h3-5H,1-2H3,(H,12,14,15). The van der Waals surface area contributed by atoms with Crippen LogP contribution in [0.15, 0.2) is 18.3 Å². The van der Waals surface area contributed by atoms with Gasteiger partial charge in [-0.3, -0.25) is 0 Å². The highest BCUT2D eigenvalue weighted by Gasteiger charge is 2.02. The molecule has 0 fully saturated rings. The lowest BCUT2D eigenvalue weighted by molar-refractivity contribution is 1.02. The third-order valence-corrected chi connectivity index (χ3v) is 2.11. The first-order valence-corrected chi connectivity index (χ1v) is 4.94. The first-order chi connectivity index (χ1) is 7.15. The monoisotopic (exact) mass is 218 g/mol. The van der Waals surface area contributed by atoms with Crippen molar-refractivity contribution in [3.05, 3.63) is 34.5 Å². The van der Waals surface area contributed by atoms with E-state index in [0.29, 0.717) is 10.5 Å². The fourth-order valence-corrected chi connectivity index (χ4v) is 1.56. The van der Waals surface area contributed by atoms with E-state index >= 15 is 0 Å². The SMILES string of the molecule is Cc1nccc(-c2nc(=S)cc(C)[nH]2)n1. The highest BCUT2D eigenvalue weighted by Crippen LogP contribution is 2.11. The molecule has 0 saturated heterocycles. The summed E-state index contributed by atoms with van der Waals surface area (Å²) in [5, 5.41) is 0. The third kappa shape index (κ3) is 2.24. The number of hydrogen-bond acceptors (Lipinski definition) is 4. The zero-order valence-electron chi connectivity index (χ0n) is 8.48. The van der Waals surface area contributed by atoms with Gasteiger partial charge in [0.05, 0.1) is 0 Å². The fraction of sp³-hybridized carbons (Fsp3) is 0.200. The lowest BCUT2D eigenvalue weighted by atomic mass is 10.3. The van der Waals surface area contributed by atoms with E-state index in [2.05, 4.69) is 19.9 Å². The van der Waals surface area contributed by atoms with Crippen molar-refractivity contribution in [1.29, 1.82) is 0 Å². The largest absolute Gasteiger partial charge is 0.342 e. The van der Waals surface area contributed by atoms with Crippen LogP contribution in [0, 0.1) is 18.5 Å². The van der Waals surface area contributed by atoms with Gasteiger partial charge in [-0.05, 0) is 26.0 Å². The van der Waals surface area contributed by atoms with Crippen LogP contribution in [0.5, 0.6) is 0 Å². The second kappa shape index (κ2) is 3.86. The van der Waals surface area contributed by atoms with Gasteiger partial charge in [-0.15, -0.1) is 0 Å². The molecule has 0 bridgehead atoms. The second-order valence-corrected chi connectivity index (χ2v) is 3.66. The van der Waals surface area contributed by atoms with Gasteiger partial charge in [-0.1, -0.05) is 12.2 Å². The van der Waals surface area contributed by atoms with E-state index in [4.69, 9.17) is 12.2 Å². The Bertz CT molecular complexity index is 547. The molecule has 76 valence electrons. The van der Waals surface area contributed by atoms with Crippen molar-refractivity contribution in [3.8, 4) is 11.5 Å². The molecule has 0 aromatic carbocycles. The number of nitrogens with one attached hydrogen (secondary N) is 1. The Morgan fingerprint density at radius 2 is 2.07 bits per heavy atom. The molecule has 2 heterocycles. The molecule has 0 aliphatic carbocycles. The summed E-state index contributed by atoms with van der Waals surface area (Å²) in [5.74, 6) is 1.40. The van der Waals surface area contributed by atoms with Crippen LogP contribution in [0.1, 0.15) is 11.5 Å². The van der Waals surface area contributed by atoms with Crippen molar-refractivity contribution in [2.24, 2.45) is 0 Å². The van der Waals surface area contributed by atoms with Gasteiger partial charge < -0.3 is 4.98 Å². The molecule has 1 N–H and O–H groups in total. The minimum Gasteiger partial charge on any atom is -0.342 e. The number of nitrogens with zero attached hydrogens (tertiary/aromatic N) is 3. The molecule has 4 nitrogen and oxygen atoms in total. The van der Waals surface area contributed by atoms with Gasteiger partial charge in [-0.25, -0.2) is 15.0 Å². The number of aryl methyl sites for hydroxylation is 2. The van der Waals surface area contributed by atoms with E-state index in [0.717, 1.165) is 17.2 Å². The first-order valence-electron chi connectivity index (χ1n) is 4.53. The van der Waals surface area contributed by atoms with E-state index < -0.39 is 0 Å². The summed E-state index contributed by atoms with van der Waals surface area (Å²) in [7, 11) is 0. The molecule has 0 atom stereocenters.